The van der Waals surface area contributed by atoms with Crippen molar-refractivity contribution in [2.75, 3.05) is 13.7 Å². The molecule has 7 heteroatoms. The number of methoxy groups -OCH3 is 1. The van der Waals surface area contributed by atoms with E-state index in [1.54, 1.807) is 43.3 Å². The molecule has 0 aliphatic heterocycles. The van der Waals surface area contributed by atoms with Crippen LogP contribution in [0.25, 0.3) is 0 Å². The molecule has 0 aromatic heterocycles. The number of carbonyl (C=O) groups excluding carboxylic acids is 1. The maximum atomic E-state index is 12.2. The van der Waals surface area contributed by atoms with Crippen LogP contribution in [0.4, 0.5) is 0 Å². The van der Waals surface area contributed by atoms with E-state index < -0.39 is 22.5 Å². The van der Waals surface area contributed by atoms with Crippen molar-refractivity contribution in [1.82, 2.24) is 4.72 Å². The number of aryl methyl sites for hydroxylation is 2. The zero-order valence-electron chi connectivity index (χ0n) is 13.7. The number of ether oxygens (including phenoxy) is 2. The first-order chi connectivity index (χ1) is 11.3. The first kappa shape index (κ1) is 17.8. The van der Waals surface area contributed by atoms with Gasteiger partial charge in [-0.2, -0.15) is 0 Å². The zero-order chi connectivity index (χ0) is 17.7. The monoisotopic (exact) mass is 349 g/mol. The normalized spacial score (nSPS) is 11.0. The minimum absolute atomic E-state index is 0.0614. The van der Waals surface area contributed by atoms with Crippen molar-refractivity contribution in [3.05, 3.63) is 53.6 Å². The zero-order valence-corrected chi connectivity index (χ0v) is 14.5. The Kier molecular flexibility index (Phi) is 5.46. The van der Waals surface area contributed by atoms with Crippen LogP contribution in [-0.4, -0.2) is 28.0 Å². The number of nitrogens with one attached hydrogen (secondary N) is 1. The summed E-state index contributed by atoms with van der Waals surface area (Å²) in [5.74, 6) is 0.0805. The van der Waals surface area contributed by atoms with Crippen LogP contribution in [-0.2, 0) is 14.8 Å². The number of rotatable bonds is 6. The van der Waals surface area contributed by atoms with Crippen molar-refractivity contribution in [1.29, 1.82) is 0 Å². The van der Waals surface area contributed by atoms with E-state index in [1.165, 1.54) is 13.2 Å². The van der Waals surface area contributed by atoms with Gasteiger partial charge in [-0.05, 0) is 43.2 Å². The Morgan fingerprint density at radius 1 is 1.08 bits per heavy atom. The average Bonchev–Trinajstić information content (AvgIpc) is 2.53. The van der Waals surface area contributed by atoms with Crippen molar-refractivity contribution >= 4 is 15.9 Å². The lowest BCUT2D eigenvalue weighted by molar-refractivity contribution is -0.121. The summed E-state index contributed by atoms with van der Waals surface area (Å²) < 4.78 is 37.0. The molecule has 0 unspecified atom stereocenters. The van der Waals surface area contributed by atoms with Gasteiger partial charge in [-0.25, -0.2) is 13.1 Å². The van der Waals surface area contributed by atoms with E-state index in [0.717, 1.165) is 5.56 Å². The van der Waals surface area contributed by atoms with Gasteiger partial charge in [-0.1, -0.05) is 24.3 Å². The van der Waals surface area contributed by atoms with Crippen molar-refractivity contribution in [3.8, 4) is 11.5 Å². The molecule has 2 aromatic carbocycles. The Labute approximate surface area is 141 Å². The van der Waals surface area contributed by atoms with Gasteiger partial charge >= 0.3 is 0 Å². The van der Waals surface area contributed by atoms with Crippen molar-refractivity contribution in [3.63, 3.8) is 0 Å². The lowest BCUT2D eigenvalue weighted by Gasteiger charge is -2.12. The number of hydrogen-bond donors (Lipinski definition) is 1. The highest BCUT2D eigenvalue weighted by molar-refractivity contribution is 7.90. The maximum Gasteiger partial charge on any atom is 0.271 e. The van der Waals surface area contributed by atoms with Crippen LogP contribution in [0.3, 0.4) is 0 Å². The van der Waals surface area contributed by atoms with Gasteiger partial charge in [-0.3, -0.25) is 4.79 Å². The van der Waals surface area contributed by atoms with Gasteiger partial charge in [0, 0.05) is 0 Å². The molecule has 128 valence electrons. The van der Waals surface area contributed by atoms with Crippen LogP contribution >= 0.6 is 0 Å². The van der Waals surface area contributed by atoms with Gasteiger partial charge in [0.15, 0.2) is 18.1 Å². The van der Waals surface area contributed by atoms with Gasteiger partial charge in [-0.15, -0.1) is 0 Å². The highest BCUT2D eigenvalue weighted by atomic mass is 32.2. The summed E-state index contributed by atoms with van der Waals surface area (Å²) in [5, 5.41) is 0. The first-order valence-electron chi connectivity index (χ1n) is 7.22. The number of benzene rings is 2. The maximum absolute atomic E-state index is 12.2. The smallest absolute Gasteiger partial charge is 0.271 e. The van der Waals surface area contributed by atoms with E-state index in [1.807, 2.05) is 11.6 Å². The lowest BCUT2D eigenvalue weighted by atomic mass is 10.2. The van der Waals surface area contributed by atoms with Crippen molar-refractivity contribution < 1.29 is 22.7 Å². The van der Waals surface area contributed by atoms with E-state index in [-0.39, 0.29) is 4.90 Å². The van der Waals surface area contributed by atoms with Gasteiger partial charge < -0.3 is 9.47 Å². The van der Waals surface area contributed by atoms with Gasteiger partial charge in [0.2, 0.25) is 0 Å². The van der Waals surface area contributed by atoms with E-state index in [4.69, 9.17) is 9.47 Å². The topological polar surface area (TPSA) is 81.7 Å². The minimum atomic E-state index is -3.93. The van der Waals surface area contributed by atoms with Crippen LogP contribution in [0.5, 0.6) is 11.5 Å². The van der Waals surface area contributed by atoms with Crippen LogP contribution in [0.1, 0.15) is 11.1 Å². The molecule has 0 aliphatic carbocycles. The van der Waals surface area contributed by atoms with Crippen LogP contribution in [0.15, 0.2) is 47.4 Å². The third kappa shape index (κ3) is 4.26. The van der Waals surface area contributed by atoms with Gasteiger partial charge in [0.05, 0.1) is 12.0 Å². The molecule has 0 saturated heterocycles. The molecular weight excluding hydrogens is 330 g/mol. The van der Waals surface area contributed by atoms with Crippen molar-refractivity contribution in [2.45, 2.75) is 18.7 Å². The highest BCUT2D eigenvalue weighted by Crippen LogP contribution is 2.27. The number of hydrogen-bond acceptors (Lipinski definition) is 5. The molecule has 6 nitrogen and oxygen atoms in total. The first-order valence-corrected chi connectivity index (χ1v) is 8.70. The fourth-order valence-corrected chi connectivity index (χ4v) is 3.35. The SMILES string of the molecule is COc1cc(C)ccc1OCC(=O)NS(=O)(=O)c1ccccc1C. The summed E-state index contributed by atoms with van der Waals surface area (Å²) in [5.41, 5.74) is 1.53. The predicted octanol–water partition coefficient (Wildman–Crippen LogP) is 2.20. The molecule has 1 N–H and O–H groups in total. The summed E-state index contributed by atoms with van der Waals surface area (Å²) in [6.07, 6.45) is 0. The van der Waals surface area contributed by atoms with Gasteiger partial charge in [0.1, 0.15) is 0 Å². The Hall–Kier alpha value is -2.54. The predicted molar refractivity (Wildman–Crippen MR) is 89.7 cm³/mol. The average molecular weight is 349 g/mol. The third-order valence-electron chi connectivity index (χ3n) is 3.31. The molecule has 0 fully saturated rings. The molecule has 0 heterocycles. The fraction of sp³-hybridized carbons (Fsp3) is 0.235. The molecule has 1 amide bonds. The van der Waals surface area contributed by atoms with E-state index in [9.17, 15) is 13.2 Å². The largest absolute Gasteiger partial charge is 0.493 e. The molecular formula is C17H19NO5S. The second-order valence-corrected chi connectivity index (χ2v) is 6.89. The standard InChI is InChI=1S/C17H19NO5S/c1-12-8-9-14(15(10-12)22-3)23-11-17(19)18-24(20,21)16-7-5-4-6-13(16)2/h4-10H,11H2,1-3H3,(H,18,19). The Bertz CT molecular complexity index is 846. The summed E-state index contributed by atoms with van der Waals surface area (Å²) in [7, 11) is -2.44. The fourth-order valence-electron chi connectivity index (χ4n) is 2.13. The number of amides is 1. The summed E-state index contributed by atoms with van der Waals surface area (Å²) >= 11 is 0. The Morgan fingerprint density at radius 2 is 1.79 bits per heavy atom. The summed E-state index contributed by atoms with van der Waals surface area (Å²) in [6.45, 7) is 3.12. The molecule has 0 bridgehead atoms. The molecule has 2 rings (SSSR count). The molecule has 24 heavy (non-hydrogen) atoms. The number of carbonyl (C=O) groups is 1. The van der Waals surface area contributed by atoms with E-state index in [2.05, 4.69) is 0 Å². The molecule has 0 radical (unpaired) electrons. The van der Waals surface area contributed by atoms with Crippen LogP contribution < -0.4 is 14.2 Å². The number of sulfonamides is 1. The van der Waals surface area contributed by atoms with E-state index in [0.29, 0.717) is 17.1 Å². The van der Waals surface area contributed by atoms with Crippen molar-refractivity contribution in [2.24, 2.45) is 0 Å². The summed E-state index contributed by atoms with van der Waals surface area (Å²) in [6, 6.07) is 11.7. The molecule has 0 aliphatic rings. The second-order valence-electron chi connectivity index (χ2n) is 5.24. The Morgan fingerprint density at radius 3 is 2.46 bits per heavy atom. The Balaban J connectivity index is 2.05. The molecule has 2 aromatic rings. The highest BCUT2D eigenvalue weighted by Gasteiger charge is 2.20. The molecule has 0 spiro atoms. The molecule has 0 saturated carbocycles. The second kappa shape index (κ2) is 7.35. The third-order valence-corrected chi connectivity index (χ3v) is 4.84. The van der Waals surface area contributed by atoms with Gasteiger partial charge in [0.25, 0.3) is 15.9 Å². The summed E-state index contributed by atoms with van der Waals surface area (Å²) in [4.78, 5) is 12.0. The van der Waals surface area contributed by atoms with Crippen LogP contribution in [0, 0.1) is 13.8 Å². The lowest BCUT2D eigenvalue weighted by Crippen LogP contribution is -2.34. The van der Waals surface area contributed by atoms with Crippen LogP contribution in [0.2, 0.25) is 0 Å². The molecule has 0 atom stereocenters. The minimum Gasteiger partial charge on any atom is -0.493 e. The quantitative estimate of drug-likeness (QED) is 0.864. The van der Waals surface area contributed by atoms with E-state index >= 15 is 0 Å².